The fraction of sp³-hybridized carbons (Fsp3) is 0.500. The van der Waals surface area contributed by atoms with E-state index >= 15 is 0 Å². The van der Waals surface area contributed by atoms with Gasteiger partial charge in [-0.2, -0.15) is 9.36 Å². The highest BCUT2D eigenvalue weighted by Crippen LogP contribution is 2.27. The van der Waals surface area contributed by atoms with E-state index in [4.69, 9.17) is 10.7 Å². The van der Waals surface area contributed by atoms with Crippen molar-refractivity contribution in [2.45, 2.75) is 58.9 Å². The molecule has 3 aromatic rings. The van der Waals surface area contributed by atoms with Gasteiger partial charge in [-0.25, -0.2) is 9.97 Å². The van der Waals surface area contributed by atoms with Crippen LogP contribution in [0.25, 0.3) is 11.0 Å². The van der Waals surface area contributed by atoms with Gasteiger partial charge < -0.3 is 16.4 Å². The van der Waals surface area contributed by atoms with E-state index in [1.807, 2.05) is 39.0 Å². The number of aromatic nitrogens is 4. The van der Waals surface area contributed by atoms with Crippen LogP contribution in [0.5, 0.6) is 0 Å². The minimum absolute atomic E-state index is 0.465. The summed E-state index contributed by atoms with van der Waals surface area (Å²) < 4.78 is 4.30. The molecule has 4 N–H and O–H groups in total. The van der Waals surface area contributed by atoms with Gasteiger partial charge in [0, 0.05) is 11.7 Å². The zero-order chi connectivity index (χ0) is 19.9. The molecule has 0 unspecified atom stereocenters. The average Bonchev–Trinajstić information content (AvgIpc) is 3.08. The van der Waals surface area contributed by atoms with Gasteiger partial charge in [0.2, 0.25) is 5.95 Å². The van der Waals surface area contributed by atoms with Gasteiger partial charge >= 0.3 is 0 Å². The highest BCUT2D eigenvalue weighted by atomic mass is 32.1. The first-order valence-electron chi connectivity index (χ1n) is 9.91. The molecule has 0 saturated heterocycles. The lowest BCUT2D eigenvalue weighted by atomic mass is 9.95. The molecule has 0 aliphatic heterocycles. The molecule has 3 aromatic heterocycles. The molecule has 4 rings (SSSR count). The van der Waals surface area contributed by atoms with Gasteiger partial charge in [-0.3, -0.25) is 0 Å². The summed E-state index contributed by atoms with van der Waals surface area (Å²) in [6.45, 7) is 6.63. The number of aryl methyl sites for hydroxylation is 2. The van der Waals surface area contributed by atoms with Gasteiger partial charge in [-0.1, -0.05) is 26.2 Å². The SMILES string of the molecule is CCN.Cc1cc(Nc2nc(NC3CCCCC3)c3nc(C)ccc3n2)sn1. The van der Waals surface area contributed by atoms with Crippen LogP contribution in [0.15, 0.2) is 18.2 Å². The third-order valence-corrected chi connectivity index (χ3v) is 5.29. The molecule has 0 amide bonds. The molecule has 8 heteroatoms. The van der Waals surface area contributed by atoms with Crippen LogP contribution in [-0.2, 0) is 0 Å². The number of anilines is 3. The monoisotopic (exact) mass is 399 g/mol. The van der Waals surface area contributed by atoms with Crippen LogP contribution < -0.4 is 16.4 Å². The van der Waals surface area contributed by atoms with Crippen molar-refractivity contribution in [3.05, 3.63) is 29.6 Å². The number of nitrogens with one attached hydrogen (secondary N) is 2. The number of fused-ring (bicyclic) bond motifs is 1. The van der Waals surface area contributed by atoms with Crippen LogP contribution in [-0.4, -0.2) is 31.9 Å². The summed E-state index contributed by atoms with van der Waals surface area (Å²) in [5, 5.41) is 7.84. The molecular weight excluding hydrogens is 370 g/mol. The molecule has 0 aromatic carbocycles. The van der Waals surface area contributed by atoms with E-state index in [-0.39, 0.29) is 0 Å². The predicted molar refractivity (Wildman–Crippen MR) is 117 cm³/mol. The molecule has 7 nitrogen and oxygen atoms in total. The molecule has 1 saturated carbocycles. The minimum Gasteiger partial charge on any atom is -0.365 e. The molecule has 0 radical (unpaired) electrons. The Kier molecular flexibility index (Phi) is 7.11. The first kappa shape index (κ1) is 20.4. The van der Waals surface area contributed by atoms with Gasteiger partial charge in [0.25, 0.3) is 0 Å². The molecule has 150 valence electrons. The molecule has 1 aliphatic carbocycles. The normalized spacial score (nSPS) is 14.4. The van der Waals surface area contributed by atoms with Gasteiger partial charge in [-0.05, 0) is 63.0 Å². The molecule has 0 bridgehead atoms. The van der Waals surface area contributed by atoms with Crippen LogP contribution in [0.1, 0.15) is 50.4 Å². The van der Waals surface area contributed by atoms with E-state index in [9.17, 15) is 0 Å². The standard InChI is InChI=1S/C18H22N6S.C2H7N/c1-11-8-9-14-16(19-11)17(20-13-6-4-3-5-7-13)23-18(21-14)22-15-10-12(2)24-25-15;1-2-3/h8-10,13H,3-7H2,1-2H3,(H2,20,21,22,23);2-3H2,1H3. The van der Waals surface area contributed by atoms with E-state index < -0.39 is 0 Å². The van der Waals surface area contributed by atoms with Crippen molar-refractivity contribution in [2.75, 3.05) is 17.2 Å². The van der Waals surface area contributed by atoms with Gasteiger partial charge in [0.05, 0.1) is 11.2 Å². The highest BCUT2D eigenvalue weighted by Gasteiger charge is 2.17. The summed E-state index contributed by atoms with van der Waals surface area (Å²) in [6.07, 6.45) is 6.26. The third kappa shape index (κ3) is 5.36. The van der Waals surface area contributed by atoms with Gasteiger partial charge in [0.1, 0.15) is 10.5 Å². The van der Waals surface area contributed by atoms with Crippen molar-refractivity contribution < 1.29 is 0 Å². The van der Waals surface area contributed by atoms with E-state index in [2.05, 4.69) is 25.0 Å². The smallest absolute Gasteiger partial charge is 0.230 e. The molecule has 3 heterocycles. The molecule has 0 spiro atoms. The maximum atomic E-state index is 4.85. The number of hydrogen-bond donors (Lipinski definition) is 3. The Bertz CT molecular complexity index is 903. The maximum Gasteiger partial charge on any atom is 0.230 e. The quantitative estimate of drug-likeness (QED) is 0.591. The van der Waals surface area contributed by atoms with Crippen molar-refractivity contribution in [1.29, 1.82) is 0 Å². The fourth-order valence-corrected chi connectivity index (χ4v) is 3.90. The van der Waals surface area contributed by atoms with Crippen molar-refractivity contribution in [2.24, 2.45) is 5.73 Å². The molecule has 28 heavy (non-hydrogen) atoms. The molecule has 0 atom stereocenters. The van der Waals surface area contributed by atoms with E-state index in [0.29, 0.717) is 12.0 Å². The topological polar surface area (TPSA) is 102 Å². The summed E-state index contributed by atoms with van der Waals surface area (Å²) >= 11 is 1.42. The second kappa shape index (κ2) is 9.75. The Labute approximate surface area is 170 Å². The van der Waals surface area contributed by atoms with Crippen molar-refractivity contribution in [3.8, 4) is 0 Å². The number of nitrogens with zero attached hydrogens (tertiary/aromatic N) is 4. The largest absolute Gasteiger partial charge is 0.365 e. The van der Waals surface area contributed by atoms with Crippen LogP contribution in [0.2, 0.25) is 0 Å². The first-order chi connectivity index (χ1) is 13.6. The summed E-state index contributed by atoms with van der Waals surface area (Å²) in [6, 6.07) is 6.46. The second-order valence-electron chi connectivity index (χ2n) is 7.06. The number of pyridine rings is 1. The molecular formula is C20H29N7S. The Balaban J connectivity index is 0.000000706. The summed E-state index contributed by atoms with van der Waals surface area (Å²) in [5.41, 5.74) is 8.51. The van der Waals surface area contributed by atoms with E-state index in [1.165, 1.54) is 43.6 Å². The maximum absolute atomic E-state index is 4.85. The second-order valence-corrected chi connectivity index (χ2v) is 7.87. The number of nitrogens with two attached hydrogens (primary N) is 1. The van der Waals surface area contributed by atoms with Gasteiger partial charge in [-0.15, -0.1) is 0 Å². The van der Waals surface area contributed by atoms with Crippen LogP contribution in [0.3, 0.4) is 0 Å². The van der Waals surface area contributed by atoms with Crippen LogP contribution in [0, 0.1) is 13.8 Å². The Morgan fingerprint density at radius 2 is 1.82 bits per heavy atom. The van der Waals surface area contributed by atoms with Crippen molar-refractivity contribution >= 4 is 39.3 Å². The zero-order valence-corrected chi connectivity index (χ0v) is 17.6. The molecule has 1 aliphatic rings. The lowest BCUT2D eigenvalue weighted by Crippen LogP contribution is -2.23. The minimum atomic E-state index is 0.465. The lowest BCUT2D eigenvalue weighted by molar-refractivity contribution is 0.462. The molecule has 1 fully saturated rings. The average molecular weight is 400 g/mol. The van der Waals surface area contributed by atoms with Crippen molar-refractivity contribution in [1.82, 2.24) is 19.3 Å². The number of hydrogen-bond acceptors (Lipinski definition) is 8. The van der Waals surface area contributed by atoms with E-state index in [0.717, 1.165) is 39.8 Å². The lowest BCUT2D eigenvalue weighted by Gasteiger charge is -2.24. The highest BCUT2D eigenvalue weighted by molar-refractivity contribution is 7.10. The van der Waals surface area contributed by atoms with Crippen LogP contribution in [0.4, 0.5) is 16.8 Å². The Hall–Kier alpha value is -2.32. The van der Waals surface area contributed by atoms with E-state index in [1.54, 1.807) is 0 Å². The van der Waals surface area contributed by atoms with Crippen LogP contribution >= 0.6 is 11.5 Å². The first-order valence-corrected chi connectivity index (χ1v) is 10.7. The Morgan fingerprint density at radius 1 is 1.07 bits per heavy atom. The number of rotatable bonds is 4. The van der Waals surface area contributed by atoms with Crippen molar-refractivity contribution in [3.63, 3.8) is 0 Å². The summed E-state index contributed by atoms with van der Waals surface area (Å²) in [5.74, 6) is 1.41. The Morgan fingerprint density at radius 3 is 2.50 bits per heavy atom. The zero-order valence-electron chi connectivity index (χ0n) is 16.8. The summed E-state index contributed by atoms with van der Waals surface area (Å²) in [4.78, 5) is 14.0. The fourth-order valence-electron chi connectivity index (χ4n) is 3.24. The van der Waals surface area contributed by atoms with Gasteiger partial charge in [0.15, 0.2) is 5.82 Å². The predicted octanol–water partition coefficient (Wildman–Crippen LogP) is 4.55. The summed E-state index contributed by atoms with van der Waals surface area (Å²) in [7, 11) is 0. The third-order valence-electron chi connectivity index (χ3n) is 4.49.